The number of nitrogens with one attached hydrogen (secondary N) is 1. The molecule has 17 heavy (non-hydrogen) atoms. The van der Waals surface area contributed by atoms with Gasteiger partial charge in [-0.3, -0.25) is 9.78 Å². The summed E-state index contributed by atoms with van der Waals surface area (Å²) in [5, 5.41) is 3.14. The molecule has 1 aromatic heterocycles. The van der Waals surface area contributed by atoms with E-state index in [0.717, 1.165) is 5.69 Å². The lowest BCUT2D eigenvalue weighted by molar-refractivity contribution is 0.100. The van der Waals surface area contributed by atoms with Gasteiger partial charge < -0.3 is 11.1 Å². The fourth-order valence-corrected chi connectivity index (χ4v) is 1.49. The number of aryl methyl sites for hydroxylation is 1. The Morgan fingerprint density at radius 3 is 2.59 bits per heavy atom. The average Bonchev–Trinajstić information content (AvgIpc) is 2.32. The number of primary amides is 1. The standard InChI is InChI=1S/C13H13N3O/c1-9-2-4-10(5-3-9)16-12-6-7-15-8-11(12)13(14)17/h2-8H,1H3,(H2,14,17)(H,15,16). The zero-order valence-corrected chi connectivity index (χ0v) is 9.47. The van der Waals surface area contributed by atoms with Gasteiger partial charge in [0, 0.05) is 18.1 Å². The largest absolute Gasteiger partial charge is 0.365 e. The number of anilines is 2. The van der Waals surface area contributed by atoms with Gasteiger partial charge >= 0.3 is 0 Å². The summed E-state index contributed by atoms with van der Waals surface area (Å²) in [6, 6.07) is 9.60. The van der Waals surface area contributed by atoms with E-state index in [1.165, 1.54) is 11.8 Å². The molecular formula is C13H13N3O. The number of carbonyl (C=O) groups excluding carboxylic acids is 1. The van der Waals surface area contributed by atoms with E-state index in [2.05, 4.69) is 10.3 Å². The summed E-state index contributed by atoms with van der Waals surface area (Å²) in [6.07, 6.45) is 3.07. The van der Waals surface area contributed by atoms with Crippen molar-refractivity contribution < 1.29 is 4.79 Å². The fourth-order valence-electron chi connectivity index (χ4n) is 1.49. The number of benzene rings is 1. The van der Waals surface area contributed by atoms with Crippen LogP contribution in [0.5, 0.6) is 0 Å². The summed E-state index contributed by atoms with van der Waals surface area (Å²) in [6.45, 7) is 2.02. The van der Waals surface area contributed by atoms with E-state index in [9.17, 15) is 4.79 Å². The maximum Gasteiger partial charge on any atom is 0.252 e. The SMILES string of the molecule is Cc1ccc(Nc2ccncc2C(N)=O)cc1. The minimum absolute atomic E-state index is 0.382. The Balaban J connectivity index is 2.30. The van der Waals surface area contributed by atoms with Crippen LogP contribution in [-0.4, -0.2) is 10.9 Å². The monoisotopic (exact) mass is 227 g/mol. The van der Waals surface area contributed by atoms with E-state index in [0.29, 0.717) is 11.3 Å². The summed E-state index contributed by atoms with van der Waals surface area (Å²) < 4.78 is 0. The molecule has 2 aromatic rings. The second-order valence-corrected chi connectivity index (χ2v) is 3.78. The second kappa shape index (κ2) is 4.65. The summed E-state index contributed by atoms with van der Waals surface area (Å²) >= 11 is 0. The van der Waals surface area contributed by atoms with E-state index < -0.39 is 5.91 Å². The van der Waals surface area contributed by atoms with Gasteiger partial charge in [0.25, 0.3) is 5.91 Å². The molecule has 0 atom stereocenters. The molecule has 1 heterocycles. The van der Waals surface area contributed by atoms with E-state index in [1.54, 1.807) is 12.3 Å². The molecule has 0 unspecified atom stereocenters. The molecule has 0 aliphatic rings. The predicted molar refractivity (Wildman–Crippen MR) is 67.2 cm³/mol. The van der Waals surface area contributed by atoms with Crippen molar-refractivity contribution in [3.8, 4) is 0 Å². The first-order chi connectivity index (χ1) is 8.16. The summed E-state index contributed by atoms with van der Waals surface area (Å²) in [5.41, 5.74) is 8.41. The Bertz CT molecular complexity index is 535. The van der Waals surface area contributed by atoms with Crippen LogP contribution >= 0.6 is 0 Å². The van der Waals surface area contributed by atoms with Crippen molar-refractivity contribution in [2.75, 3.05) is 5.32 Å². The highest BCUT2D eigenvalue weighted by Crippen LogP contribution is 2.19. The molecule has 86 valence electrons. The molecule has 0 fully saturated rings. The van der Waals surface area contributed by atoms with Crippen molar-refractivity contribution in [2.24, 2.45) is 5.73 Å². The van der Waals surface area contributed by atoms with Gasteiger partial charge in [-0.1, -0.05) is 17.7 Å². The maximum atomic E-state index is 11.2. The number of aromatic nitrogens is 1. The van der Waals surface area contributed by atoms with Gasteiger partial charge in [0.15, 0.2) is 0 Å². The predicted octanol–water partition coefficient (Wildman–Crippen LogP) is 2.23. The molecule has 4 heteroatoms. The van der Waals surface area contributed by atoms with Gasteiger partial charge in [-0.05, 0) is 25.1 Å². The number of rotatable bonds is 3. The molecule has 1 amide bonds. The smallest absolute Gasteiger partial charge is 0.252 e. The van der Waals surface area contributed by atoms with Crippen LogP contribution in [0.3, 0.4) is 0 Å². The van der Waals surface area contributed by atoms with Crippen LogP contribution in [0.4, 0.5) is 11.4 Å². The molecule has 0 aliphatic heterocycles. The molecule has 0 radical (unpaired) electrons. The van der Waals surface area contributed by atoms with Gasteiger partial charge in [0.05, 0.1) is 11.3 Å². The van der Waals surface area contributed by atoms with Crippen molar-refractivity contribution in [1.29, 1.82) is 0 Å². The Morgan fingerprint density at radius 1 is 1.24 bits per heavy atom. The van der Waals surface area contributed by atoms with Gasteiger partial charge in [-0.25, -0.2) is 0 Å². The molecule has 0 aliphatic carbocycles. The minimum atomic E-state index is -0.493. The molecule has 0 spiro atoms. The molecule has 0 bridgehead atoms. The first-order valence-electron chi connectivity index (χ1n) is 5.24. The highest BCUT2D eigenvalue weighted by Gasteiger charge is 2.07. The Hall–Kier alpha value is -2.36. The van der Waals surface area contributed by atoms with Crippen LogP contribution in [0, 0.1) is 6.92 Å². The quantitative estimate of drug-likeness (QED) is 0.844. The fraction of sp³-hybridized carbons (Fsp3) is 0.0769. The van der Waals surface area contributed by atoms with Crippen molar-refractivity contribution in [3.05, 3.63) is 53.9 Å². The Kier molecular flexibility index (Phi) is 3.05. The summed E-state index contributed by atoms with van der Waals surface area (Å²) in [4.78, 5) is 15.1. The third-order valence-electron chi connectivity index (χ3n) is 2.42. The summed E-state index contributed by atoms with van der Waals surface area (Å²) in [7, 11) is 0. The lowest BCUT2D eigenvalue weighted by Gasteiger charge is -2.09. The topological polar surface area (TPSA) is 68.0 Å². The van der Waals surface area contributed by atoms with E-state index in [1.807, 2.05) is 31.2 Å². The number of hydrogen-bond donors (Lipinski definition) is 2. The number of nitrogens with zero attached hydrogens (tertiary/aromatic N) is 1. The van der Waals surface area contributed by atoms with Crippen molar-refractivity contribution >= 4 is 17.3 Å². The third kappa shape index (κ3) is 2.60. The molecular weight excluding hydrogens is 214 g/mol. The van der Waals surface area contributed by atoms with Gasteiger partial charge in [-0.15, -0.1) is 0 Å². The number of amides is 1. The van der Waals surface area contributed by atoms with Crippen molar-refractivity contribution in [1.82, 2.24) is 4.98 Å². The second-order valence-electron chi connectivity index (χ2n) is 3.78. The van der Waals surface area contributed by atoms with Gasteiger partial charge in [0.1, 0.15) is 0 Å². The summed E-state index contributed by atoms with van der Waals surface area (Å²) in [5.74, 6) is -0.493. The highest BCUT2D eigenvalue weighted by molar-refractivity contribution is 5.98. The van der Waals surface area contributed by atoms with Gasteiger partial charge in [-0.2, -0.15) is 0 Å². The van der Waals surface area contributed by atoms with Crippen LogP contribution in [0.15, 0.2) is 42.7 Å². The lowest BCUT2D eigenvalue weighted by atomic mass is 10.2. The molecule has 0 saturated carbocycles. The van der Waals surface area contributed by atoms with Crippen LogP contribution in [0.25, 0.3) is 0 Å². The number of carbonyl (C=O) groups is 1. The van der Waals surface area contributed by atoms with Crippen molar-refractivity contribution in [2.45, 2.75) is 6.92 Å². The van der Waals surface area contributed by atoms with E-state index in [-0.39, 0.29) is 0 Å². The highest BCUT2D eigenvalue weighted by atomic mass is 16.1. The lowest BCUT2D eigenvalue weighted by Crippen LogP contribution is -2.13. The third-order valence-corrected chi connectivity index (χ3v) is 2.42. The molecule has 3 N–H and O–H groups in total. The Labute approximate surface area is 99.5 Å². The average molecular weight is 227 g/mol. The Morgan fingerprint density at radius 2 is 1.94 bits per heavy atom. The number of pyridine rings is 1. The first kappa shape index (κ1) is 11.1. The van der Waals surface area contributed by atoms with Crippen molar-refractivity contribution in [3.63, 3.8) is 0 Å². The normalized spacial score (nSPS) is 9.94. The zero-order chi connectivity index (χ0) is 12.3. The van der Waals surface area contributed by atoms with E-state index in [4.69, 9.17) is 5.73 Å². The zero-order valence-electron chi connectivity index (χ0n) is 9.47. The number of nitrogens with two attached hydrogens (primary N) is 1. The minimum Gasteiger partial charge on any atom is -0.365 e. The maximum absolute atomic E-state index is 11.2. The first-order valence-corrected chi connectivity index (χ1v) is 5.24. The molecule has 0 saturated heterocycles. The van der Waals surface area contributed by atoms with Crippen LogP contribution < -0.4 is 11.1 Å². The van der Waals surface area contributed by atoms with Crippen LogP contribution in [-0.2, 0) is 0 Å². The van der Waals surface area contributed by atoms with Crippen LogP contribution in [0.1, 0.15) is 15.9 Å². The van der Waals surface area contributed by atoms with Crippen LogP contribution in [0.2, 0.25) is 0 Å². The number of hydrogen-bond acceptors (Lipinski definition) is 3. The van der Waals surface area contributed by atoms with Gasteiger partial charge in [0.2, 0.25) is 0 Å². The van der Waals surface area contributed by atoms with E-state index >= 15 is 0 Å². The molecule has 2 rings (SSSR count). The molecule has 1 aromatic carbocycles. The molecule has 4 nitrogen and oxygen atoms in total.